The van der Waals surface area contributed by atoms with Crippen molar-refractivity contribution >= 4 is 46.1 Å². The number of aromatic nitrogens is 1. The fourth-order valence-electron chi connectivity index (χ4n) is 2.98. The summed E-state index contributed by atoms with van der Waals surface area (Å²) in [4.78, 5) is 17.5. The summed E-state index contributed by atoms with van der Waals surface area (Å²) in [7, 11) is 1.45. The Morgan fingerprint density at radius 2 is 1.63 bits per heavy atom. The van der Waals surface area contributed by atoms with Crippen molar-refractivity contribution in [1.29, 1.82) is 0 Å². The monoisotopic (exact) mass is 454 g/mol. The minimum absolute atomic E-state index is 0.197. The number of nitrogens with zero attached hydrogens (tertiary/aromatic N) is 1. The average molecular weight is 455 g/mol. The summed E-state index contributed by atoms with van der Waals surface area (Å²) in [6.07, 6.45) is 0. The number of hydrogen-bond acceptors (Lipinski definition) is 4. The van der Waals surface area contributed by atoms with Gasteiger partial charge < -0.3 is 10.1 Å². The third kappa shape index (κ3) is 4.19. The van der Waals surface area contributed by atoms with Crippen molar-refractivity contribution in [3.8, 4) is 27.6 Å². The van der Waals surface area contributed by atoms with Crippen LogP contribution in [0.4, 0.5) is 5.69 Å². The second-order valence-corrected chi connectivity index (χ2v) is 8.05. The fraction of sp³-hybridized carbons (Fsp3) is 0.0435. The number of halogens is 2. The number of amides is 1. The molecule has 0 saturated carbocycles. The van der Waals surface area contributed by atoms with Gasteiger partial charge in [-0.25, -0.2) is 4.98 Å². The first-order chi connectivity index (χ1) is 14.6. The third-order valence-corrected chi connectivity index (χ3v) is 5.96. The molecule has 0 aliphatic rings. The number of benzene rings is 3. The summed E-state index contributed by atoms with van der Waals surface area (Å²) in [5.41, 5.74) is 3.76. The van der Waals surface area contributed by atoms with Crippen LogP contribution in [0, 0.1) is 0 Å². The third-order valence-electron chi connectivity index (χ3n) is 4.45. The number of carbonyl (C=O) groups excluding carboxylic acids is 1. The molecule has 0 bridgehead atoms. The van der Waals surface area contributed by atoms with Crippen molar-refractivity contribution in [3.05, 3.63) is 87.7 Å². The molecule has 0 unspecified atom stereocenters. The van der Waals surface area contributed by atoms with Crippen molar-refractivity contribution in [2.75, 3.05) is 12.4 Å². The van der Waals surface area contributed by atoms with Gasteiger partial charge in [0.25, 0.3) is 5.91 Å². The van der Waals surface area contributed by atoms with E-state index >= 15 is 0 Å². The number of nitrogens with one attached hydrogen (secondary N) is 1. The summed E-state index contributed by atoms with van der Waals surface area (Å²) in [5, 5.41) is 6.40. The SMILES string of the molecule is COc1c(Cl)ccc(Cl)c1C(=O)Nc1ccc(-c2csc(-c3ccccc3)n2)cc1. The van der Waals surface area contributed by atoms with Crippen molar-refractivity contribution in [2.45, 2.75) is 0 Å². The Kier molecular flexibility index (Phi) is 6.04. The van der Waals surface area contributed by atoms with E-state index in [1.165, 1.54) is 7.11 Å². The number of ether oxygens (including phenoxy) is 1. The highest BCUT2D eigenvalue weighted by atomic mass is 35.5. The predicted molar refractivity (Wildman–Crippen MR) is 124 cm³/mol. The van der Waals surface area contributed by atoms with Crippen LogP contribution < -0.4 is 10.1 Å². The molecule has 0 atom stereocenters. The van der Waals surface area contributed by atoms with Crippen LogP contribution in [0.25, 0.3) is 21.8 Å². The normalized spacial score (nSPS) is 10.6. The molecule has 0 fully saturated rings. The van der Waals surface area contributed by atoms with Crippen molar-refractivity contribution < 1.29 is 9.53 Å². The van der Waals surface area contributed by atoms with Gasteiger partial charge in [0.05, 0.1) is 22.8 Å². The maximum atomic E-state index is 12.7. The fourth-order valence-corrected chi connectivity index (χ4v) is 4.29. The Morgan fingerprint density at radius 3 is 2.33 bits per heavy atom. The number of methoxy groups -OCH3 is 1. The van der Waals surface area contributed by atoms with Gasteiger partial charge in [-0.1, -0.05) is 65.7 Å². The van der Waals surface area contributed by atoms with Gasteiger partial charge in [0.2, 0.25) is 0 Å². The predicted octanol–water partition coefficient (Wildman–Crippen LogP) is 7.04. The van der Waals surface area contributed by atoms with Gasteiger partial charge in [0.15, 0.2) is 5.75 Å². The molecule has 4 aromatic rings. The number of hydrogen-bond donors (Lipinski definition) is 1. The molecule has 0 spiro atoms. The molecular weight excluding hydrogens is 439 g/mol. The summed E-state index contributed by atoms with van der Waals surface area (Å²) < 4.78 is 5.25. The molecule has 7 heteroatoms. The van der Waals surface area contributed by atoms with E-state index in [0.29, 0.717) is 10.7 Å². The highest BCUT2D eigenvalue weighted by molar-refractivity contribution is 7.13. The van der Waals surface area contributed by atoms with Crippen LogP contribution in [0.5, 0.6) is 5.75 Å². The summed E-state index contributed by atoms with van der Waals surface area (Å²) >= 11 is 13.9. The first-order valence-corrected chi connectivity index (χ1v) is 10.6. The smallest absolute Gasteiger partial charge is 0.261 e. The molecule has 30 heavy (non-hydrogen) atoms. The van der Waals surface area contributed by atoms with Gasteiger partial charge in [0, 0.05) is 22.2 Å². The number of thiazole rings is 1. The highest BCUT2D eigenvalue weighted by Crippen LogP contribution is 2.34. The maximum absolute atomic E-state index is 12.7. The summed E-state index contributed by atoms with van der Waals surface area (Å²) in [6, 6.07) is 20.7. The van der Waals surface area contributed by atoms with Gasteiger partial charge in [-0.2, -0.15) is 0 Å². The second kappa shape index (κ2) is 8.88. The molecule has 0 aliphatic carbocycles. The van der Waals surface area contributed by atoms with Crippen molar-refractivity contribution in [3.63, 3.8) is 0 Å². The minimum atomic E-state index is -0.396. The van der Waals surface area contributed by atoms with Crippen molar-refractivity contribution in [2.24, 2.45) is 0 Å². The zero-order valence-electron chi connectivity index (χ0n) is 15.9. The zero-order valence-corrected chi connectivity index (χ0v) is 18.2. The first-order valence-electron chi connectivity index (χ1n) is 9.01. The molecule has 4 nitrogen and oxygen atoms in total. The maximum Gasteiger partial charge on any atom is 0.261 e. The van der Waals surface area contributed by atoms with E-state index in [-0.39, 0.29) is 16.3 Å². The largest absolute Gasteiger partial charge is 0.494 e. The topological polar surface area (TPSA) is 51.2 Å². The molecular formula is C23H16Cl2N2O2S. The molecule has 1 N–H and O–H groups in total. The first kappa shape index (κ1) is 20.4. The summed E-state index contributed by atoms with van der Waals surface area (Å²) in [6.45, 7) is 0. The molecule has 0 saturated heterocycles. The highest BCUT2D eigenvalue weighted by Gasteiger charge is 2.19. The van der Waals surface area contributed by atoms with Crippen molar-refractivity contribution in [1.82, 2.24) is 4.98 Å². The number of anilines is 1. The van der Waals surface area contributed by atoms with Crippen LogP contribution in [0.2, 0.25) is 10.0 Å². The molecule has 0 aliphatic heterocycles. The van der Waals surface area contributed by atoms with Crippen LogP contribution in [0.3, 0.4) is 0 Å². The van der Waals surface area contributed by atoms with Crippen LogP contribution in [-0.2, 0) is 0 Å². The van der Waals surface area contributed by atoms with Crippen LogP contribution in [0.1, 0.15) is 10.4 Å². The van der Waals surface area contributed by atoms with E-state index in [1.54, 1.807) is 23.5 Å². The van der Waals surface area contributed by atoms with Gasteiger partial charge in [-0.3, -0.25) is 4.79 Å². The van der Waals surface area contributed by atoms with E-state index in [2.05, 4.69) is 5.32 Å². The van der Waals surface area contributed by atoms with Gasteiger partial charge in [0.1, 0.15) is 10.6 Å². The zero-order chi connectivity index (χ0) is 21.1. The quantitative estimate of drug-likeness (QED) is 0.351. The summed E-state index contributed by atoms with van der Waals surface area (Å²) in [5.74, 6) is -0.152. The van der Waals surface area contributed by atoms with E-state index < -0.39 is 5.91 Å². The van der Waals surface area contributed by atoms with Gasteiger partial charge in [-0.15, -0.1) is 11.3 Å². The Bertz CT molecular complexity index is 1190. The number of carbonyl (C=O) groups is 1. The lowest BCUT2D eigenvalue weighted by atomic mass is 10.1. The molecule has 3 aromatic carbocycles. The number of rotatable bonds is 5. The van der Waals surface area contributed by atoms with E-state index in [9.17, 15) is 4.79 Å². The van der Waals surface area contributed by atoms with Crippen LogP contribution in [0.15, 0.2) is 72.1 Å². The molecule has 1 heterocycles. The lowest BCUT2D eigenvalue weighted by Gasteiger charge is -2.12. The Labute approximate surface area is 188 Å². The molecule has 0 radical (unpaired) electrons. The standard InChI is InChI=1S/C23H16Cl2N2O2S/c1-29-21-18(25)12-11-17(24)20(21)22(28)26-16-9-7-14(8-10-16)19-13-30-23(27-19)15-5-3-2-4-6-15/h2-13H,1H3,(H,26,28). The second-order valence-electron chi connectivity index (χ2n) is 6.37. The lowest BCUT2D eigenvalue weighted by molar-refractivity contribution is 0.102. The van der Waals surface area contributed by atoms with Gasteiger partial charge >= 0.3 is 0 Å². The van der Waals surface area contributed by atoms with E-state index in [1.807, 2.05) is 60.0 Å². The Balaban J connectivity index is 1.53. The van der Waals surface area contributed by atoms with E-state index in [0.717, 1.165) is 21.8 Å². The molecule has 4 rings (SSSR count). The lowest BCUT2D eigenvalue weighted by Crippen LogP contribution is -2.14. The van der Waals surface area contributed by atoms with Crippen LogP contribution in [-0.4, -0.2) is 18.0 Å². The van der Waals surface area contributed by atoms with Crippen LogP contribution >= 0.6 is 34.5 Å². The van der Waals surface area contributed by atoms with Gasteiger partial charge in [-0.05, 0) is 24.3 Å². The molecule has 1 aromatic heterocycles. The Hall–Kier alpha value is -2.86. The van der Waals surface area contributed by atoms with E-state index in [4.69, 9.17) is 32.9 Å². The Morgan fingerprint density at radius 1 is 0.933 bits per heavy atom. The average Bonchev–Trinajstić information content (AvgIpc) is 3.26. The minimum Gasteiger partial charge on any atom is -0.494 e. The molecule has 1 amide bonds. The molecule has 150 valence electrons.